The third-order valence-corrected chi connectivity index (χ3v) is 7.20. The third kappa shape index (κ3) is 2.83. The highest BCUT2D eigenvalue weighted by Crippen LogP contribution is 2.60. The molecule has 0 aromatic carbocycles. The summed E-state index contributed by atoms with van der Waals surface area (Å²) in [5, 5.41) is 10.3. The molecular formula is C22H30O4. The molecule has 3 aliphatic carbocycles. The van der Waals surface area contributed by atoms with E-state index in [1.54, 1.807) is 0 Å². The standard InChI is InChI=1S/C22H30O4/c1-13-7-8-18-21(2,3)9-6-10-22(18,4)15(13)11-14-19(24)16(23)12-17(26-5)20(14)25/h7,12,15,18,24H,6,8-11H2,1-5H3/t15-,18-,22+/m1/s1. The molecule has 3 rings (SSSR count). The predicted octanol–water partition coefficient (Wildman–Crippen LogP) is 4.67. The van der Waals surface area contributed by atoms with Crippen LogP contribution in [0, 0.1) is 22.7 Å². The van der Waals surface area contributed by atoms with Gasteiger partial charge in [-0.25, -0.2) is 0 Å². The Bertz CT molecular complexity index is 737. The van der Waals surface area contributed by atoms with Crippen molar-refractivity contribution >= 4 is 11.6 Å². The van der Waals surface area contributed by atoms with Gasteiger partial charge in [-0.1, -0.05) is 38.8 Å². The molecule has 142 valence electrons. The van der Waals surface area contributed by atoms with Crippen LogP contribution >= 0.6 is 0 Å². The second kappa shape index (κ2) is 6.40. The van der Waals surface area contributed by atoms with E-state index in [0.29, 0.717) is 12.3 Å². The van der Waals surface area contributed by atoms with Crippen LogP contribution in [0.15, 0.2) is 34.8 Å². The summed E-state index contributed by atoms with van der Waals surface area (Å²) < 4.78 is 5.06. The average molecular weight is 358 g/mol. The number of allylic oxidation sites excluding steroid dienone is 4. The lowest BCUT2D eigenvalue weighted by molar-refractivity contribution is -0.120. The summed E-state index contributed by atoms with van der Waals surface area (Å²) in [7, 11) is 1.38. The highest BCUT2D eigenvalue weighted by Gasteiger charge is 2.52. The number of aliphatic hydroxyl groups excluding tert-OH is 1. The van der Waals surface area contributed by atoms with Gasteiger partial charge in [-0.05, 0) is 55.3 Å². The molecule has 0 spiro atoms. The van der Waals surface area contributed by atoms with Crippen LogP contribution in [0.5, 0.6) is 0 Å². The third-order valence-electron chi connectivity index (χ3n) is 7.20. The summed E-state index contributed by atoms with van der Waals surface area (Å²) >= 11 is 0. The van der Waals surface area contributed by atoms with E-state index < -0.39 is 11.5 Å². The maximum Gasteiger partial charge on any atom is 0.227 e. The maximum atomic E-state index is 12.7. The molecule has 0 aromatic rings. The number of ether oxygens (including phenoxy) is 1. The van der Waals surface area contributed by atoms with E-state index in [1.165, 1.54) is 25.5 Å². The van der Waals surface area contributed by atoms with E-state index in [2.05, 4.69) is 33.8 Å². The minimum Gasteiger partial charge on any atom is -0.504 e. The van der Waals surface area contributed by atoms with Gasteiger partial charge in [-0.3, -0.25) is 9.59 Å². The van der Waals surface area contributed by atoms with Gasteiger partial charge in [0.15, 0.2) is 11.5 Å². The molecule has 0 saturated heterocycles. The van der Waals surface area contributed by atoms with Gasteiger partial charge in [0.1, 0.15) is 0 Å². The summed E-state index contributed by atoms with van der Waals surface area (Å²) in [6, 6.07) is 0. The molecule has 4 heteroatoms. The number of carbonyl (C=O) groups is 2. The highest BCUT2D eigenvalue weighted by atomic mass is 16.5. The lowest BCUT2D eigenvalue weighted by Crippen LogP contribution is -2.48. The zero-order valence-corrected chi connectivity index (χ0v) is 16.5. The average Bonchev–Trinajstić information content (AvgIpc) is 2.56. The molecule has 0 radical (unpaired) electrons. The number of aliphatic hydroxyl groups is 1. The lowest BCUT2D eigenvalue weighted by Gasteiger charge is -2.57. The van der Waals surface area contributed by atoms with Crippen molar-refractivity contribution in [1.29, 1.82) is 0 Å². The van der Waals surface area contributed by atoms with E-state index in [1.807, 2.05) is 0 Å². The van der Waals surface area contributed by atoms with Crippen LogP contribution in [-0.2, 0) is 14.3 Å². The van der Waals surface area contributed by atoms with E-state index in [0.717, 1.165) is 18.9 Å². The fraction of sp³-hybridized carbons (Fsp3) is 0.636. The molecule has 3 atom stereocenters. The van der Waals surface area contributed by atoms with Crippen molar-refractivity contribution in [2.45, 2.75) is 59.8 Å². The second-order valence-electron chi connectivity index (χ2n) is 9.07. The van der Waals surface area contributed by atoms with E-state index >= 15 is 0 Å². The summed E-state index contributed by atoms with van der Waals surface area (Å²) in [5.74, 6) is -0.619. The zero-order chi connectivity index (χ0) is 19.3. The number of Topliss-reactive ketones (excluding diaryl/α,β-unsaturated/α-hetero) is 1. The quantitative estimate of drug-likeness (QED) is 0.588. The number of methoxy groups -OCH3 is 1. The smallest absolute Gasteiger partial charge is 0.227 e. The zero-order valence-electron chi connectivity index (χ0n) is 16.5. The Morgan fingerprint density at radius 3 is 2.58 bits per heavy atom. The number of ketones is 2. The fourth-order valence-electron chi connectivity index (χ4n) is 5.73. The largest absolute Gasteiger partial charge is 0.504 e. The molecule has 0 unspecified atom stereocenters. The first kappa shape index (κ1) is 18.9. The summed E-state index contributed by atoms with van der Waals surface area (Å²) in [6.07, 6.45) is 8.33. The molecule has 1 saturated carbocycles. The van der Waals surface area contributed by atoms with Gasteiger partial charge in [0.25, 0.3) is 0 Å². The fourth-order valence-corrected chi connectivity index (χ4v) is 5.73. The van der Waals surface area contributed by atoms with Gasteiger partial charge in [0, 0.05) is 11.6 Å². The van der Waals surface area contributed by atoms with Crippen molar-refractivity contribution in [2.24, 2.45) is 22.7 Å². The maximum absolute atomic E-state index is 12.7. The number of hydrogen-bond acceptors (Lipinski definition) is 4. The normalized spacial score (nSPS) is 34.2. The second-order valence-corrected chi connectivity index (χ2v) is 9.07. The molecule has 4 nitrogen and oxygen atoms in total. The Labute approximate surface area is 156 Å². The van der Waals surface area contributed by atoms with Crippen molar-refractivity contribution in [3.05, 3.63) is 34.8 Å². The van der Waals surface area contributed by atoms with Crippen molar-refractivity contribution in [3.63, 3.8) is 0 Å². The Hall–Kier alpha value is -1.84. The van der Waals surface area contributed by atoms with E-state index in [-0.39, 0.29) is 33.9 Å². The molecule has 0 bridgehead atoms. The van der Waals surface area contributed by atoms with Gasteiger partial charge in [-0.2, -0.15) is 0 Å². The summed E-state index contributed by atoms with van der Waals surface area (Å²) in [5.41, 5.74) is 1.78. The van der Waals surface area contributed by atoms with Crippen LogP contribution in [0.3, 0.4) is 0 Å². The van der Waals surface area contributed by atoms with E-state index in [9.17, 15) is 14.7 Å². The van der Waals surface area contributed by atoms with Crippen molar-refractivity contribution in [3.8, 4) is 0 Å². The van der Waals surface area contributed by atoms with Crippen LogP contribution in [0.25, 0.3) is 0 Å². The molecule has 0 aliphatic heterocycles. The number of hydrogen-bond donors (Lipinski definition) is 1. The Kier molecular flexibility index (Phi) is 4.66. The molecule has 26 heavy (non-hydrogen) atoms. The van der Waals surface area contributed by atoms with Crippen LogP contribution in [0.1, 0.15) is 59.8 Å². The first-order valence-electron chi connectivity index (χ1n) is 9.55. The topological polar surface area (TPSA) is 63.6 Å². The van der Waals surface area contributed by atoms with Gasteiger partial charge in [-0.15, -0.1) is 0 Å². The van der Waals surface area contributed by atoms with Crippen molar-refractivity contribution in [1.82, 2.24) is 0 Å². The molecular weight excluding hydrogens is 328 g/mol. The minimum absolute atomic E-state index is 0.0194. The van der Waals surface area contributed by atoms with Crippen LogP contribution < -0.4 is 0 Å². The lowest BCUT2D eigenvalue weighted by atomic mass is 9.48. The monoisotopic (exact) mass is 358 g/mol. The van der Waals surface area contributed by atoms with Gasteiger partial charge in [0.2, 0.25) is 11.6 Å². The van der Waals surface area contributed by atoms with Gasteiger partial charge < -0.3 is 9.84 Å². The van der Waals surface area contributed by atoms with Crippen LogP contribution in [-0.4, -0.2) is 23.8 Å². The number of carbonyl (C=O) groups excluding carboxylic acids is 2. The molecule has 0 aromatic heterocycles. The molecule has 3 aliphatic rings. The minimum atomic E-state index is -0.542. The Morgan fingerprint density at radius 1 is 1.23 bits per heavy atom. The van der Waals surface area contributed by atoms with Crippen LogP contribution in [0.4, 0.5) is 0 Å². The summed E-state index contributed by atoms with van der Waals surface area (Å²) in [6.45, 7) is 9.14. The number of rotatable bonds is 3. The van der Waals surface area contributed by atoms with Crippen LogP contribution in [0.2, 0.25) is 0 Å². The highest BCUT2D eigenvalue weighted by molar-refractivity contribution is 6.20. The summed E-state index contributed by atoms with van der Waals surface area (Å²) in [4.78, 5) is 24.8. The first-order chi connectivity index (χ1) is 12.1. The van der Waals surface area contributed by atoms with Crippen molar-refractivity contribution in [2.75, 3.05) is 7.11 Å². The predicted molar refractivity (Wildman–Crippen MR) is 100 cm³/mol. The Morgan fingerprint density at radius 2 is 1.92 bits per heavy atom. The molecule has 1 fully saturated rings. The van der Waals surface area contributed by atoms with Crippen molar-refractivity contribution < 1.29 is 19.4 Å². The molecule has 0 heterocycles. The molecule has 1 N–H and O–H groups in total. The van der Waals surface area contributed by atoms with E-state index in [4.69, 9.17) is 4.74 Å². The SMILES string of the molecule is COC1=CC(=O)C(O)=C(C[C@@H]2C(C)=CC[C@@H]3C(C)(C)CCC[C@@]23C)C1=O. The van der Waals surface area contributed by atoms with Gasteiger partial charge in [0.05, 0.1) is 7.11 Å². The Balaban J connectivity index is 1.99. The molecule has 0 amide bonds. The first-order valence-corrected chi connectivity index (χ1v) is 9.55. The number of fused-ring (bicyclic) bond motifs is 1. The van der Waals surface area contributed by atoms with Gasteiger partial charge >= 0.3 is 0 Å².